The van der Waals surface area contributed by atoms with E-state index in [-0.39, 0.29) is 68.0 Å². The Kier molecular flexibility index (Phi) is 12.6. The van der Waals surface area contributed by atoms with Gasteiger partial charge in [0.2, 0.25) is 0 Å². The van der Waals surface area contributed by atoms with E-state index in [0.29, 0.717) is 11.1 Å². The SMILES string of the molecule is C=C(C)C(=O)OCCOCCOCCOC(=O)Oc1ccc(C(=O)Oc2ccc3c(c2)C(C)(C)c2cc(OC(=O)c4ccc(C)cc4F)ccc2-3)c(F)c1. The Labute approximate surface area is 310 Å². The predicted molar refractivity (Wildman–Crippen MR) is 191 cm³/mol. The minimum Gasteiger partial charge on any atom is -0.460 e. The Morgan fingerprint density at radius 2 is 1.07 bits per heavy atom. The molecular weight excluding hydrogens is 706 g/mol. The number of carbonyl (C=O) groups excluding carboxylic acids is 4. The van der Waals surface area contributed by atoms with Crippen molar-refractivity contribution in [3.05, 3.63) is 124 Å². The first kappa shape index (κ1) is 39.3. The van der Waals surface area contributed by atoms with Crippen molar-refractivity contribution in [3.8, 4) is 28.4 Å². The molecule has 0 saturated carbocycles. The first-order valence-corrected chi connectivity index (χ1v) is 16.9. The van der Waals surface area contributed by atoms with E-state index in [4.69, 9.17) is 33.2 Å². The second-order valence-electron chi connectivity index (χ2n) is 12.8. The van der Waals surface area contributed by atoms with E-state index in [9.17, 15) is 28.0 Å². The molecule has 0 fully saturated rings. The van der Waals surface area contributed by atoms with Gasteiger partial charge in [-0.1, -0.05) is 38.6 Å². The summed E-state index contributed by atoms with van der Waals surface area (Å²) < 4.78 is 65.7. The Morgan fingerprint density at radius 1 is 0.611 bits per heavy atom. The molecule has 0 saturated heterocycles. The number of hydrogen-bond acceptors (Lipinski definition) is 11. The van der Waals surface area contributed by atoms with Gasteiger partial charge in [0.15, 0.2) is 0 Å². The van der Waals surface area contributed by atoms with Crippen molar-refractivity contribution in [2.75, 3.05) is 39.6 Å². The standard InChI is InChI=1S/C41H38F2O11/c1-24(2)37(44)50-18-16-48-14-15-49-17-19-51-40(47)54-28-9-13-32(36(43)23-28)39(46)53-27-8-12-30-29-11-7-26(21-33(29)41(4,5)34(30)22-27)52-38(45)31-10-6-25(3)20-35(31)42/h6-13,20-23H,1,14-19H2,2-5H3. The highest BCUT2D eigenvalue weighted by molar-refractivity contribution is 5.93. The third kappa shape index (κ3) is 9.54. The van der Waals surface area contributed by atoms with Crippen LogP contribution in [0.2, 0.25) is 0 Å². The lowest BCUT2D eigenvalue weighted by Crippen LogP contribution is -2.17. The zero-order valence-corrected chi connectivity index (χ0v) is 30.1. The predicted octanol–water partition coefficient (Wildman–Crippen LogP) is 7.69. The molecule has 0 amide bonds. The average Bonchev–Trinajstić information content (AvgIpc) is 3.33. The number of hydrogen-bond donors (Lipinski definition) is 0. The van der Waals surface area contributed by atoms with Crippen LogP contribution in [0.25, 0.3) is 11.1 Å². The maximum absolute atomic E-state index is 15.0. The summed E-state index contributed by atoms with van der Waals surface area (Å²) in [6, 6.07) is 17.7. The summed E-state index contributed by atoms with van der Waals surface area (Å²) in [5.41, 5.74) is 3.20. The fraction of sp³-hybridized carbons (Fsp3) is 0.268. The van der Waals surface area contributed by atoms with Gasteiger partial charge in [-0.25, -0.2) is 28.0 Å². The minimum atomic E-state index is -1.10. The summed E-state index contributed by atoms with van der Waals surface area (Å²) in [6.45, 7) is 11.2. The highest BCUT2D eigenvalue weighted by Crippen LogP contribution is 2.50. The van der Waals surface area contributed by atoms with E-state index in [1.165, 1.54) is 18.2 Å². The summed E-state index contributed by atoms with van der Waals surface area (Å²) >= 11 is 0. The average molecular weight is 745 g/mol. The van der Waals surface area contributed by atoms with Gasteiger partial charge in [-0.05, 0) is 90.2 Å². The topological polar surface area (TPSA) is 133 Å². The monoisotopic (exact) mass is 744 g/mol. The molecule has 0 bridgehead atoms. The van der Waals surface area contributed by atoms with Gasteiger partial charge in [0.25, 0.3) is 0 Å². The summed E-state index contributed by atoms with van der Waals surface area (Å²) in [6.07, 6.45) is -1.10. The van der Waals surface area contributed by atoms with Gasteiger partial charge in [0.1, 0.15) is 42.1 Å². The van der Waals surface area contributed by atoms with E-state index < -0.39 is 41.1 Å². The zero-order chi connectivity index (χ0) is 39.0. The third-order valence-electron chi connectivity index (χ3n) is 8.38. The Balaban J connectivity index is 1.10. The minimum absolute atomic E-state index is 0.0432. The van der Waals surface area contributed by atoms with Gasteiger partial charge in [0, 0.05) is 17.1 Å². The number of benzene rings is 4. The van der Waals surface area contributed by atoms with Crippen LogP contribution in [0, 0.1) is 18.6 Å². The molecule has 5 rings (SSSR count). The first-order valence-electron chi connectivity index (χ1n) is 16.9. The second-order valence-corrected chi connectivity index (χ2v) is 12.8. The molecule has 54 heavy (non-hydrogen) atoms. The van der Waals surface area contributed by atoms with E-state index >= 15 is 0 Å². The quantitative estimate of drug-likeness (QED) is 0.0390. The smallest absolute Gasteiger partial charge is 0.460 e. The molecule has 0 radical (unpaired) electrons. The Bertz CT molecular complexity index is 2090. The third-order valence-corrected chi connectivity index (χ3v) is 8.38. The molecule has 0 heterocycles. The molecule has 1 aliphatic rings. The van der Waals surface area contributed by atoms with Crippen LogP contribution < -0.4 is 14.2 Å². The van der Waals surface area contributed by atoms with Crippen molar-refractivity contribution >= 4 is 24.1 Å². The van der Waals surface area contributed by atoms with Crippen LogP contribution in [0.3, 0.4) is 0 Å². The lowest BCUT2D eigenvalue weighted by atomic mass is 9.82. The largest absolute Gasteiger partial charge is 0.513 e. The molecule has 1 aliphatic carbocycles. The van der Waals surface area contributed by atoms with Crippen molar-refractivity contribution in [1.82, 2.24) is 0 Å². The van der Waals surface area contributed by atoms with Crippen LogP contribution in [0.5, 0.6) is 17.2 Å². The van der Waals surface area contributed by atoms with Gasteiger partial charge in [-0.15, -0.1) is 0 Å². The van der Waals surface area contributed by atoms with Crippen LogP contribution in [0.4, 0.5) is 13.6 Å². The molecular formula is C41H38F2O11. The molecule has 0 aliphatic heterocycles. The lowest BCUT2D eigenvalue weighted by molar-refractivity contribution is -0.140. The normalized spacial score (nSPS) is 12.3. The van der Waals surface area contributed by atoms with Gasteiger partial charge in [-0.2, -0.15) is 0 Å². The van der Waals surface area contributed by atoms with Crippen LogP contribution in [-0.4, -0.2) is 63.7 Å². The molecule has 0 aromatic heterocycles. The molecule has 11 nitrogen and oxygen atoms in total. The van der Waals surface area contributed by atoms with E-state index in [2.05, 4.69) is 6.58 Å². The maximum Gasteiger partial charge on any atom is 0.513 e. The number of carbonyl (C=O) groups is 4. The molecule has 0 unspecified atom stereocenters. The van der Waals surface area contributed by atoms with Crippen molar-refractivity contribution in [2.24, 2.45) is 0 Å². The van der Waals surface area contributed by atoms with E-state index in [0.717, 1.165) is 34.4 Å². The number of halogens is 2. The molecule has 0 atom stereocenters. The number of esters is 3. The Hall–Kier alpha value is -5.92. The maximum atomic E-state index is 15.0. The zero-order valence-electron chi connectivity index (χ0n) is 30.1. The van der Waals surface area contributed by atoms with Crippen LogP contribution >= 0.6 is 0 Å². The van der Waals surface area contributed by atoms with Gasteiger partial charge in [-0.3, -0.25) is 0 Å². The molecule has 4 aromatic carbocycles. The van der Waals surface area contributed by atoms with Gasteiger partial charge in [0.05, 0.1) is 37.6 Å². The number of aryl methyl sites for hydroxylation is 1. The molecule has 0 N–H and O–H groups in total. The highest BCUT2D eigenvalue weighted by Gasteiger charge is 2.36. The van der Waals surface area contributed by atoms with Crippen LogP contribution in [0.15, 0.2) is 84.9 Å². The lowest BCUT2D eigenvalue weighted by Gasteiger charge is -2.22. The van der Waals surface area contributed by atoms with Crippen molar-refractivity contribution in [1.29, 1.82) is 0 Å². The summed E-state index contributed by atoms with van der Waals surface area (Å²) in [4.78, 5) is 49.0. The number of ether oxygens (including phenoxy) is 7. The second kappa shape index (κ2) is 17.3. The van der Waals surface area contributed by atoms with Crippen molar-refractivity contribution < 1.29 is 61.1 Å². The summed E-state index contributed by atoms with van der Waals surface area (Å²) in [7, 11) is 0. The number of rotatable bonds is 15. The van der Waals surface area contributed by atoms with E-state index in [1.54, 1.807) is 56.3 Å². The fourth-order valence-electron chi connectivity index (χ4n) is 5.61. The molecule has 4 aromatic rings. The Morgan fingerprint density at radius 3 is 1.59 bits per heavy atom. The number of fused-ring (bicyclic) bond motifs is 3. The highest BCUT2D eigenvalue weighted by atomic mass is 19.1. The van der Waals surface area contributed by atoms with Crippen molar-refractivity contribution in [2.45, 2.75) is 33.1 Å². The first-order chi connectivity index (χ1) is 25.7. The molecule has 0 spiro atoms. The van der Waals surface area contributed by atoms with Gasteiger partial charge >= 0.3 is 24.1 Å². The summed E-state index contributed by atoms with van der Waals surface area (Å²) in [5.74, 6) is -3.72. The molecule has 13 heteroatoms. The summed E-state index contributed by atoms with van der Waals surface area (Å²) in [5, 5.41) is 0. The fourth-order valence-corrected chi connectivity index (χ4v) is 5.61. The van der Waals surface area contributed by atoms with Crippen molar-refractivity contribution in [3.63, 3.8) is 0 Å². The van der Waals surface area contributed by atoms with Gasteiger partial charge < -0.3 is 33.2 Å². The van der Waals surface area contributed by atoms with Crippen LogP contribution in [-0.2, 0) is 29.2 Å². The van der Waals surface area contributed by atoms with E-state index in [1.807, 2.05) is 13.8 Å². The molecule has 282 valence electrons. The van der Waals surface area contributed by atoms with Crippen LogP contribution in [0.1, 0.15) is 58.2 Å².